The van der Waals surface area contributed by atoms with Crippen LogP contribution in [0.4, 0.5) is 4.79 Å². The molecule has 0 bridgehead atoms. The fourth-order valence-electron chi connectivity index (χ4n) is 5.88. The summed E-state index contributed by atoms with van der Waals surface area (Å²) in [4.78, 5) is 12.4. The Morgan fingerprint density at radius 1 is 1.21 bits per heavy atom. The summed E-state index contributed by atoms with van der Waals surface area (Å²) >= 11 is 0. The highest BCUT2D eigenvalue weighted by Gasteiger charge is 2.51. The van der Waals surface area contributed by atoms with E-state index in [4.69, 9.17) is 0 Å². The number of nitrogens with one attached hydrogen (secondary N) is 2. The van der Waals surface area contributed by atoms with Crippen molar-refractivity contribution in [2.45, 2.75) is 97.4 Å². The lowest BCUT2D eigenvalue weighted by atomic mass is 9.49. The van der Waals surface area contributed by atoms with Gasteiger partial charge in [-0.05, 0) is 85.8 Å². The van der Waals surface area contributed by atoms with Gasteiger partial charge in [0.1, 0.15) is 0 Å². The normalized spacial score (nSPS) is 29.8. The van der Waals surface area contributed by atoms with Crippen molar-refractivity contribution >= 4 is 6.03 Å². The number of fused-ring (bicyclic) bond motifs is 3. The number of aryl methyl sites for hydroxylation is 1. The molecular formula is C25H40N2O. The third-order valence-corrected chi connectivity index (χ3v) is 7.31. The maximum atomic E-state index is 12.4. The second kappa shape index (κ2) is 7.39. The molecule has 1 saturated carbocycles. The average molecular weight is 385 g/mol. The van der Waals surface area contributed by atoms with Crippen LogP contribution in [0.3, 0.4) is 0 Å². The molecule has 2 aliphatic carbocycles. The first-order chi connectivity index (χ1) is 12.9. The fourth-order valence-corrected chi connectivity index (χ4v) is 5.88. The standard InChI is InChI=1S/C25H40N2O/c1-17(2)18-9-11-20-19(15-18)10-12-21-24(6,13-8-14-25(20,21)7)16-26-22(28)27-23(3,4)5/h9,11,15,17,21H,8,10,12-14,16H2,1-7H3,(H2,26,27,28)/t21-,24-,25-/m1/s1. The van der Waals surface area contributed by atoms with Crippen molar-refractivity contribution in [3.05, 3.63) is 34.9 Å². The number of carbonyl (C=O) groups excluding carboxylic acids is 1. The minimum atomic E-state index is -0.204. The Balaban J connectivity index is 1.82. The van der Waals surface area contributed by atoms with Crippen LogP contribution in [0.25, 0.3) is 0 Å². The van der Waals surface area contributed by atoms with Gasteiger partial charge >= 0.3 is 6.03 Å². The Labute approximate surface area is 172 Å². The van der Waals surface area contributed by atoms with Crippen LogP contribution >= 0.6 is 0 Å². The summed E-state index contributed by atoms with van der Waals surface area (Å²) in [6.45, 7) is 16.3. The molecule has 156 valence electrons. The van der Waals surface area contributed by atoms with Gasteiger partial charge in [0.15, 0.2) is 0 Å². The highest BCUT2D eigenvalue weighted by molar-refractivity contribution is 5.74. The van der Waals surface area contributed by atoms with Gasteiger partial charge in [0, 0.05) is 12.1 Å². The number of amides is 2. The zero-order chi connectivity index (χ0) is 20.7. The number of hydrogen-bond acceptors (Lipinski definition) is 1. The number of urea groups is 1. The van der Waals surface area contributed by atoms with Crippen molar-refractivity contribution in [2.24, 2.45) is 11.3 Å². The van der Waals surface area contributed by atoms with E-state index in [9.17, 15) is 4.79 Å². The molecule has 0 spiro atoms. The quantitative estimate of drug-likeness (QED) is 0.667. The minimum absolute atomic E-state index is 0.0428. The van der Waals surface area contributed by atoms with Gasteiger partial charge in [0.2, 0.25) is 0 Å². The number of carbonyl (C=O) groups is 1. The minimum Gasteiger partial charge on any atom is -0.338 e. The van der Waals surface area contributed by atoms with Gasteiger partial charge < -0.3 is 10.6 Å². The van der Waals surface area contributed by atoms with Gasteiger partial charge in [-0.25, -0.2) is 4.79 Å². The van der Waals surface area contributed by atoms with Crippen molar-refractivity contribution < 1.29 is 4.79 Å². The first-order valence-corrected chi connectivity index (χ1v) is 11.1. The molecule has 0 unspecified atom stereocenters. The summed E-state index contributed by atoms with van der Waals surface area (Å²) in [6.07, 6.45) is 6.08. The van der Waals surface area contributed by atoms with Gasteiger partial charge in [-0.15, -0.1) is 0 Å². The number of hydrogen-bond donors (Lipinski definition) is 2. The first kappa shape index (κ1) is 21.2. The molecule has 28 heavy (non-hydrogen) atoms. The SMILES string of the molecule is CC(C)c1ccc2c(c1)CC[C@@H]1[C@@](C)(CNC(=O)NC(C)(C)C)CCC[C@]21C. The summed E-state index contributed by atoms with van der Waals surface area (Å²) in [7, 11) is 0. The predicted octanol–water partition coefficient (Wildman–Crippen LogP) is 5.92. The Morgan fingerprint density at radius 2 is 1.93 bits per heavy atom. The highest BCUT2D eigenvalue weighted by atomic mass is 16.2. The monoisotopic (exact) mass is 384 g/mol. The zero-order valence-electron chi connectivity index (χ0n) is 19.0. The lowest BCUT2D eigenvalue weighted by Gasteiger charge is -2.55. The van der Waals surface area contributed by atoms with Crippen LogP contribution in [0, 0.1) is 11.3 Å². The van der Waals surface area contributed by atoms with Gasteiger partial charge in [0.05, 0.1) is 0 Å². The van der Waals surface area contributed by atoms with E-state index in [0.717, 1.165) is 6.54 Å². The highest BCUT2D eigenvalue weighted by Crippen LogP contribution is 2.57. The lowest BCUT2D eigenvalue weighted by Crippen LogP contribution is -2.55. The van der Waals surface area contributed by atoms with Gasteiger partial charge in [-0.1, -0.05) is 52.3 Å². The molecule has 2 amide bonds. The third-order valence-electron chi connectivity index (χ3n) is 7.31. The second-order valence-corrected chi connectivity index (χ2v) is 11.1. The molecular weight excluding hydrogens is 344 g/mol. The Hall–Kier alpha value is -1.51. The van der Waals surface area contributed by atoms with E-state index >= 15 is 0 Å². The lowest BCUT2D eigenvalue weighted by molar-refractivity contribution is 0.0277. The van der Waals surface area contributed by atoms with Crippen LogP contribution in [-0.4, -0.2) is 18.1 Å². The van der Waals surface area contributed by atoms with E-state index in [1.54, 1.807) is 11.1 Å². The molecule has 0 saturated heterocycles. The maximum absolute atomic E-state index is 12.4. The van der Waals surface area contributed by atoms with E-state index in [1.165, 1.54) is 37.7 Å². The van der Waals surface area contributed by atoms with E-state index in [2.05, 4.69) is 56.5 Å². The average Bonchev–Trinajstić information content (AvgIpc) is 2.58. The number of benzene rings is 1. The van der Waals surface area contributed by atoms with Crippen molar-refractivity contribution in [3.8, 4) is 0 Å². The summed E-state index contributed by atoms with van der Waals surface area (Å²) < 4.78 is 0. The van der Waals surface area contributed by atoms with E-state index in [1.807, 2.05) is 20.8 Å². The van der Waals surface area contributed by atoms with Crippen LogP contribution < -0.4 is 10.6 Å². The Bertz CT molecular complexity index is 733. The Kier molecular flexibility index (Phi) is 5.59. The van der Waals surface area contributed by atoms with Crippen LogP contribution in [0.15, 0.2) is 18.2 Å². The topological polar surface area (TPSA) is 41.1 Å². The van der Waals surface area contributed by atoms with E-state index in [-0.39, 0.29) is 22.4 Å². The van der Waals surface area contributed by atoms with Gasteiger partial charge in [0.25, 0.3) is 0 Å². The van der Waals surface area contributed by atoms with E-state index < -0.39 is 0 Å². The molecule has 3 rings (SSSR count). The molecule has 2 N–H and O–H groups in total. The van der Waals surface area contributed by atoms with Crippen LogP contribution in [0.2, 0.25) is 0 Å². The van der Waals surface area contributed by atoms with Crippen LogP contribution in [0.5, 0.6) is 0 Å². The molecule has 0 aliphatic heterocycles. The molecule has 0 radical (unpaired) electrons. The molecule has 3 atom stereocenters. The summed E-state index contributed by atoms with van der Waals surface area (Å²) in [5.41, 5.74) is 4.75. The molecule has 0 heterocycles. The molecule has 0 aromatic heterocycles. The second-order valence-electron chi connectivity index (χ2n) is 11.1. The first-order valence-electron chi connectivity index (χ1n) is 11.1. The third kappa shape index (κ3) is 4.09. The smallest absolute Gasteiger partial charge is 0.315 e. The largest absolute Gasteiger partial charge is 0.338 e. The van der Waals surface area contributed by atoms with Gasteiger partial charge in [-0.2, -0.15) is 0 Å². The fraction of sp³-hybridized carbons (Fsp3) is 0.720. The van der Waals surface area contributed by atoms with Gasteiger partial charge in [-0.3, -0.25) is 0 Å². The molecule has 2 aliphatic rings. The van der Waals surface area contributed by atoms with Crippen molar-refractivity contribution in [1.82, 2.24) is 10.6 Å². The predicted molar refractivity (Wildman–Crippen MR) is 118 cm³/mol. The van der Waals surface area contributed by atoms with E-state index in [0.29, 0.717) is 11.8 Å². The maximum Gasteiger partial charge on any atom is 0.315 e. The number of rotatable bonds is 3. The van der Waals surface area contributed by atoms with Crippen LogP contribution in [0.1, 0.15) is 96.8 Å². The summed E-state index contributed by atoms with van der Waals surface area (Å²) in [5.74, 6) is 1.19. The molecule has 1 aromatic rings. The summed E-state index contributed by atoms with van der Waals surface area (Å²) in [6, 6.07) is 7.18. The zero-order valence-corrected chi connectivity index (χ0v) is 19.0. The summed E-state index contributed by atoms with van der Waals surface area (Å²) in [5, 5.41) is 6.24. The molecule has 3 nitrogen and oxygen atoms in total. The molecule has 3 heteroatoms. The molecule has 1 aromatic carbocycles. The van der Waals surface area contributed by atoms with Crippen LogP contribution in [-0.2, 0) is 11.8 Å². The molecule has 1 fully saturated rings. The van der Waals surface area contributed by atoms with Crippen molar-refractivity contribution in [3.63, 3.8) is 0 Å². The Morgan fingerprint density at radius 3 is 2.57 bits per heavy atom. The van der Waals surface area contributed by atoms with Crippen molar-refractivity contribution in [1.29, 1.82) is 0 Å². The van der Waals surface area contributed by atoms with Crippen molar-refractivity contribution in [2.75, 3.05) is 6.54 Å².